The second-order valence-electron chi connectivity index (χ2n) is 8.30. The van der Waals surface area contributed by atoms with Crippen LogP contribution in [0, 0.1) is 11.3 Å². The lowest BCUT2D eigenvalue weighted by Gasteiger charge is -2.27. The Balaban J connectivity index is 1.41. The van der Waals surface area contributed by atoms with Crippen molar-refractivity contribution in [1.82, 2.24) is 9.88 Å². The molecule has 3 heterocycles. The molecule has 1 unspecified atom stereocenters. The number of carbonyl (C=O) groups excluding carboxylic acids is 3. The Hall–Kier alpha value is -3.51. The van der Waals surface area contributed by atoms with Crippen LogP contribution in [0.5, 0.6) is 0 Å². The Morgan fingerprint density at radius 2 is 2.21 bits per heavy atom. The molecule has 0 spiro atoms. The SMILES string of the molecule is COC(=O)[C@@H]1CCCN1C(=O)OC1CCc2c(sc(CC(=O)/C=C/c3cccnc3)c2C#N)C1. The van der Waals surface area contributed by atoms with Gasteiger partial charge in [0.25, 0.3) is 0 Å². The number of nitriles is 1. The van der Waals surface area contributed by atoms with Crippen LogP contribution >= 0.6 is 11.3 Å². The van der Waals surface area contributed by atoms with Gasteiger partial charge < -0.3 is 9.47 Å². The van der Waals surface area contributed by atoms with Gasteiger partial charge in [-0.05, 0) is 55.0 Å². The lowest BCUT2D eigenvalue weighted by Crippen LogP contribution is -2.43. The number of carbonyl (C=O) groups is 3. The summed E-state index contributed by atoms with van der Waals surface area (Å²) in [5.41, 5.74) is 2.35. The van der Waals surface area contributed by atoms with Gasteiger partial charge >= 0.3 is 12.1 Å². The van der Waals surface area contributed by atoms with Crippen molar-refractivity contribution in [3.8, 4) is 6.07 Å². The number of pyridine rings is 1. The van der Waals surface area contributed by atoms with Crippen molar-refractivity contribution in [3.63, 3.8) is 0 Å². The van der Waals surface area contributed by atoms with E-state index in [1.807, 2.05) is 6.07 Å². The van der Waals surface area contributed by atoms with E-state index in [2.05, 4.69) is 11.1 Å². The molecule has 0 radical (unpaired) electrons. The van der Waals surface area contributed by atoms with Crippen LogP contribution < -0.4 is 0 Å². The second-order valence-corrected chi connectivity index (χ2v) is 9.49. The molecular weight excluding hydrogens is 454 g/mol. The summed E-state index contributed by atoms with van der Waals surface area (Å²) in [6.45, 7) is 0.465. The molecule has 2 aliphatic rings. The van der Waals surface area contributed by atoms with Crippen LogP contribution in [0.3, 0.4) is 0 Å². The van der Waals surface area contributed by atoms with Gasteiger partial charge in [-0.1, -0.05) is 6.07 Å². The van der Waals surface area contributed by atoms with E-state index in [0.717, 1.165) is 27.3 Å². The molecule has 0 N–H and O–H groups in total. The van der Waals surface area contributed by atoms with Crippen molar-refractivity contribution < 1.29 is 23.9 Å². The minimum atomic E-state index is -0.596. The summed E-state index contributed by atoms with van der Waals surface area (Å²) in [4.78, 5) is 44.3. The molecule has 0 saturated carbocycles. The van der Waals surface area contributed by atoms with E-state index < -0.39 is 18.1 Å². The second kappa shape index (κ2) is 10.6. The zero-order chi connectivity index (χ0) is 24.1. The lowest BCUT2D eigenvalue weighted by molar-refractivity contribution is -0.145. The first-order valence-corrected chi connectivity index (χ1v) is 12.0. The zero-order valence-electron chi connectivity index (χ0n) is 18.9. The van der Waals surface area contributed by atoms with Crippen LogP contribution in [-0.4, -0.2) is 53.5 Å². The molecule has 1 aliphatic carbocycles. The number of ketones is 1. The summed E-state index contributed by atoms with van der Waals surface area (Å²) in [6, 6.07) is 5.33. The number of aromatic nitrogens is 1. The van der Waals surface area contributed by atoms with E-state index in [1.54, 1.807) is 24.5 Å². The first kappa shape index (κ1) is 23.6. The monoisotopic (exact) mass is 479 g/mol. The molecule has 2 aromatic heterocycles. The molecule has 1 amide bonds. The first-order valence-electron chi connectivity index (χ1n) is 11.2. The number of rotatable bonds is 6. The number of likely N-dealkylation sites (tertiary alicyclic amines) is 1. The van der Waals surface area contributed by atoms with Gasteiger partial charge in [0.1, 0.15) is 18.2 Å². The van der Waals surface area contributed by atoms with Crippen LogP contribution in [0.1, 0.15) is 45.7 Å². The molecule has 1 fully saturated rings. The van der Waals surface area contributed by atoms with Crippen molar-refractivity contribution in [3.05, 3.63) is 57.0 Å². The molecule has 34 heavy (non-hydrogen) atoms. The lowest BCUT2D eigenvalue weighted by atomic mass is 9.92. The Morgan fingerprint density at radius 3 is 2.94 bits per heavy atom. The molecule has 1 saturated heterocycles. The number of hydrogen-bond donors (Lipinski definition) is 0. The van der Waals surface area contributed by atoms with Gasteiger partial charge in [0.05, 0.1) is 12.7 Å². The molecule has 8 nitrogen and oxygen atoms in total. The van der Waals surface area contributed by atoms with E-state index in [4.69, 9.17) is 9.47 Å². The number of allylic oxidation sites excluding steroid dienone is 1. The van der Waals surface area contributed by atoms with E-state index in [9.17, 15) is 19.6 Å². The van der Waals surface area contributed by atoms with Crippen LogP contribution in [0.25, 0.3) is 6.08 Å². The van der Waals surface area contributed by atoms with E-state index in [0.29, 0.717) is 37.8 Å². The van der Waals surface area contributed by atoms with Gasteiger partial charge in [-0.2, -0.15) is 5.26 Å². The van der Waals surface area contributed by atoms with Crippen LogP contribution in [0.4, 0.5) is 4.79 Å². The van der Waals surface area contributed by atoms with Crippen molar-refractivity contribution in [1.29, 1.82) is 5.26 Å². The third kappa shape index (κ3) is 5.18. The quantitative estimate of drug-likeness (QED) is 0.461. The van der Waals surface area contributed by atoms with Crippen LogP contribution in [-0.2, 0) is 38.3 Å². The van der Waals surface area contributed by atoms with E-state index >= 15 is 0 Å². The highest BCUT2D eigenvalue weighted by atomic mass is 32.1. The van der Waals surface area contributed by atoms with Gasteiger partial charge in [0, 0.05) is 41.5 Å². The maximum Gasteiger partial charge on any atom is 0.410 e. The van der Waals surface area contributed by atoms with E-state index in [-0.39, 0.29) is 18.3 Å². The molecule has 176 valence electrons. The molecule has 0 aromatic carbocycles. The highest BCUT2D eigenvalue weighted by Crippen LogP contribution is 2.36. The summed E-state index contributed by atoms with van der Waals surface area (Å²) in [7, 11) is 1.31. The number of esters is 1. The van der Waals surface area contributed by atoms with Crippen molar-refractivity contribution in [2.75, 3.05) is 13.7 Å². The third-order valence-corrected chi connectivity index (χ3v) is 7.37. The Kier molecular flexibility index (Phi) is 7.38. The van der Waals surface area contributed by atoms with Gasteiger partial charge in [0.15, 0.2) is 5.78 Å². The van der Waals surface area contributed by atoms with Gasteiger partial charge in [0.2, 0.25) is 0 Å². The molecule has 1 aliphatic heterocycles. The number of ether oxygens (including phenoxy) is 2. The summed E-state index contributed by atoms with van der Waals surface area (Å²) < 4.78 is 10.5. The normalized spacial score (nSPS) is 19.5. The highest BCUT2D eigenvalue weighted by molar-refractivity contribution is 7.12. The molecule has 9 heteroatoms. The highest BCUT2D eigenvalue weighted by Gasteiger charge is 2.37. The minimum absolute atomic E-state index is 0.0928. The minimum Gasteiger partial charge on any atom is -0.467 e. The maximum atomic E-state index is 12.7. The Morgan fingerprint density at radius 1 is 1.35 bits per heavy atom. The molecule has 0 bridgehead atoms. The predicted octanol–water partition coefficient (Wildman–Crippen LogP) is 3.47. The summed E-state index contributed by atoms with van der Waals surface area (Å²) >= 11 is 1.44. The number of nitrogens with zero attached hydrogens (tertiary/aromatic N) is 3. The maximum absolute atomic E-state index is 12.7. The molecular formula is C25H25N3O5S. The Bertz CT molecular complexity index is 1150. The number of fused-ring (bicyclic) bond motifs is 1. The van der Waals surface area contributed by atoms with Gasteiger partial charge in [-0.25, -0.2) is 9.59 Å². The number of methoxy groups -OCH3 is 1. The standard InChI is InChI=1S/C25H25N3O5S/c1-32-24(30)21-5-3-11-28(21)25(31)33-18-8-9-19-20(14-26)22(34-23(19)13-18)12-17(29)7-6-16-4-2-10-27-15-16/h2,4,6-7,10,15,18,21H,3,5,8-9,11-13H2,1H3/b7-6+/t18?,21-/m0/s1. The third-order valence-electron chi connectivity index (χ3n) is 6.11. The van der Waals surface area contributed by atoms with Crippen molar-refractivity contribution >= 4 is 35.3 Å². The zero-order valence-corrected chi connectivity index (χ0v) is 19.7. The molecule has 2 aromatic rings. The molecule has 2 atom stereocenters. The smallest absolute Gasteiger partial charge is 0.410 e. The largest absolute Gasteiger partial charge is 0.467 e. The number of amides is 1. The summed E-state index contributed by atoms with van der Waals surface area (Å²) in [5.74, 6) is -0.519. The topological polar surface area (TPSA) is 110 Å². The fourth-order valence-electron chi connectivity index (χ4n) is 4.42. The van der Waals surface area contributed by atoms with Crippen molar-refractivity contribution in [2.24, 2.45) is 0 Å². The fraction of sp³-hybridized carbons (Fsp3) is 0.400. The van der Waals surface area contributed by atoms with Gasteiger partial charge in [-0.3, -0.25) is 14.7 Å². The van der Waals surface area contributed by atoms with Crippen LogP contribution in [0.2, 0.25) is 0 Å². The Labute approximate surface area is 201 Å². The van der Waals surface area contributed by atoms with Gasteiger partial charge in [-0.15, -0.1) is 11.3 Å². The average molecular weight is 480 g/mol. The summed E-state index contributed by atoms with van der Waals surface area (Å²) in [5, 5.41) is 9.73. The predicted molar refractivity (Wildman–Crippen MR) is 125 cm³/mol. The van der Waals surface area contributed by atoms with Crippen molar-refractivity contribution in [2.45, 2.75) is 50.7 Å². The molecule has 4 rings (SSSR count). The van der Waals surface area contributed by atoms with Crippen LogP contribution in [0.15, 0.2) is 30.6 Å². The number of thiophene rings is 1. The summed E-state index contributed by atoms with van der Waals surface area (Å²) in [6.07, 6.45) is 8.86. The average Bonchev–Trinajstić information content (AvgIpc) is 3.47. The number of hydrogen-bond acceptors (Lipinski definition) is 8. The first-order chi connectivity index (χ1) is 16.5. The van der Waals surface area contributed by atoms with E-state index in [1.165, 1.54) is 29.4 Å². The fourth-order valence-corrected chi connectivity index (χ4v) is 5.80.